The molecule has 2 aromatic carbocycles. The van der Waals surface area contributed by atoms with Crippen molar-refractivity contribution in [2.24, 2.45) is 5.41 Å². The minimum atomic E-state index is -0.416. The average Bonchev–Trinajstić information content (AvgIpc) is 2.46. The van der Waals surface area contributed by atoms with Gasteiger partial charge in [-0.3, -0.25) is 4.79 Å². The summed E-state index contributed by atoms with van der Waals surface area (Å²) in [5.74, 6) is -0.0486. The van der Waals surface area contributed by atoms with E-state index in [1.165, 1.54) is 17.0 Å². The molecule has 116 valence electrons. The fraction of sp³-hybridized carbons (Fsp3) is 0.350. The normalized spacial score (nSPS) is 12.6. The molecule has 0 atom stereocenters. The van der Waals surface area contributed by atoms with E-state index in [1.807, 2.05) is 51.1 Å². The van der Waals surface area contributed by atoms with Crippen molar-refractivity contribution in [3.05, 3.63) is 59.4 Å². The Morgan fingerprint density at radius 3 is 2.55 bits per heavy atom. The predicted molar refractivity (Wildman–Crippen MR) is 92.4 cm³/mol. The smallest absolute Gasteiger partial charge is 0.189 e. The highest BCUT2D eigenvalue weighted by atomic mass is 16.3. The largest absolute Gasteiger partial charge is 0.512 e. The van der Waals surface area contributed by atoms with Gasteiger partial charge in [-0.15, -0.1) is 0 Å². The zero-order valence-electron chi connectivity index (χ0n) is 13.8. The Labute approximate surface area is 132 Å². The first-order chi connectivity index (χ1) is 10.3. The van der Waals surface area contributed by atoms with Gasteiger partial charge in [0, 0.05) is 17.1 Å². The van der Waals surface area contributed by atoms with Gasteiger partial charge in [0.25, 0.3) is 0 Å². The summed E-state index contributed by atoms with van der Waals surface area (Å²) in [4.78, 5) is 12.3. The van der Waals surface area contributed by atoms with Gasteiger partial charge in [-0.2, -0.15) is 0 Å². The first kappa shape index (κ1) is 16.3. The van der Waals surface area contributed by atoms with Crippen molar-refractivity contribution in [1.82, 2.24) is 0 Å². The molecule has 2 heteroatoms. The van der Waals surface area contributed by atoms with Crippen LogP contribution in [-0.4, -0.2) is 10.9 Å². The maximum absolute atomic E-state index is 12.3. The molecule has 0 bridgehead atoms. The van der Waals surface area contributed by atoms with E-state index in [2.05, 4.69) is 13.0 Å². The zero-order chi connectivity index (χ0) is 16.3. The Morgan fingerprint density at radius 2 is 1.91 bits per heavy atom. The van der Waals surface area contributed by atoms with Crippen molar-refractivity contribution in [1.29, 1.82) is 0 Å². The van der Waals surface area contributed by atoms with E-state index < -0.39 is 5.41 Å². The van der Waals surface area contributed by atoms with Crippen LogP contribution in [0.1, 0.15) is 50.0 Å². The molecular weight excluding hydrogens is 272 g/mol. The molecule has 2 nitrogen and oxygen atoms in total. The molecule has 0 radical (unpaired) electrons. The molecule has 0 aromatic heterocycles. The lowest BCUT2D eigenvalue weighted by Crippen LogP contribution is -2.11. The number of aliphatic hydroxyl groups excluding tert-OH is 1. The van der Waals surface area contributed by atoms with E-state index in [9.17, 15) is 9.90 Å². The standard InChI is InChI=1S/C20H24O2/c1-5-7-14-8-6-9-15-12-16(10-11-17(14)15)18(21)13-19(22)20(2,3)4/h6,8-13,22H,5,7H2,1-4H3/b19-13-. The first-order valence-corrected chi connectivity index (χ1v) is 7.80. The molecule has 0 amide bonds. The first-order valence-electron chi connectivity index (χ1n) is 7.80. The van der Waals surface area contributed by atoms with Gasteiger partial charge in [-0.1, -0.05) is 64.4 Å². The second-order valence-corrected chi connectivity index (χ2v) is 6.75. The summed E-state index contributed by atoms with van der Waals surface area (Å²) in [5, 5.41) is 12.3. The summed E-state index contributed by atoms with van der Waals surface area (Å²) in [7, 11) is 0. The number of rotatable bonds is 4. The van der Waals surface area contributed by atoms with Gasteiger partial charge in [-0.05, 0) is 28.8 Å². The molecule has 22 heavy (non-hydrogen) atoms. The topological polar surface area (TPSA) is 37.3 Å². The fourth-order valence-corrected chi connectivity index (χ4v) is 2.42. The number of fused-ring (bicyclic) bond motifs is 1. The number of aryl methyl sites for hydroxylation is 1. The molecule has 0 aliphatic carbocycles. The molecule has 0 fully saturated rings. The second kappa shape index (κ2) is 6.35. The summed E-state index contributed by atoms with van der Waals surface area (Å²) in [5.41, 5.74) is 1.50. The second-order valence-electron chi connectivity index (χ2n) is 6.75. The lowest BCUT2D eigenvalue weighted by Gasteiger charge is -2.16. The van der Waals surface area contributed by atoms with Crippen LogP contribution in [0, 0.1) is 5.41 Å². The lowest BCUT2D eigenvalue weighted by molar-refractivity contribution is 0.103. The number of benzene rings is 2. The van der Waals surface area contributed by atoms with Crippen LogP contribution in [0.3, 0.4) is 0 Å². The third kappa shape index (κ3) is 3.56. The van der Waals surface area contributed by atoms with Gasteiger partial charge in [0.15, 0.2) is 5.78 Å². The Bertz CT molecular complexity index is 718. The highest BCUT2D eigenvalue weighted by Crippen LogP contribution is 2.25. The van der Waals surface area contributed by atoms with Crippen LogP contribution >= 0.6 is 0 Å². The van der Waals surface area contributed by atoms with Crippen LogP contribution in [0.15, 0.2) is 48.2 Å². The molecule has 0 spiro atoms. The highest BCUT2D eigenvalue weighted by Gasteiger charge is 2.17. The summed E-state index contributed by atoms with van der Waals surface area (Å²) >= 11 is 0. The van der Waals surface area contributed by atoms with Crippen molar-refractivity contribution in [3.8, 4) is 0 Å². The maximum Gasteiger partial charge on any atom is 0.189 e. The minimum absolute atomic E-state index is 0.109. The molecule has 1 N–H and O–H groups in total. The zero-order valence-corrected chi connectivity index (χ0v) is 13.8. The van der Waals surface area contributed by atoms with Crippen molar-refractivity contribution >= 4 is 16.6 Å². The van der Waals surface area contributed by atoms with E-state index in [1.54, 1.807) is 0 Å². The Hall–Kier alpha value is -2.09. The molecule has 0 aliphatic rings. The maximum atomic E-state index is 12.3. The number of hydrogen-bond donors (Lipinski definition) is 1. The molecule has 0 saturated heterocycles. The number of carbonyl (C=O) groups is 1. The minimum Gasteiger partial charge on any atom is -0.512 e. The van der Waals surface area contributed by atoms with Crippen molar-refractivity contribution in [2.45, 2.75) is 40.5 Å². The number of carbonyl (C=O) groups excluding carboxylic acids is 1. The summed E-state index contributed by atoms with van der Waals surface area (Å²) < 4.78 is 0. The van der Waals surface area contributed by atoms with Crippen molar-refractivity contribution in [2.75, 3.05) is 0 Å². The van der Waals surface area contributed by atoms with Gasteiger partial charge in [0.1, 0.15) is 5.76 Å². The SMILES string of the molecule is CCCc1cccc2cc(C(=O)/C=C(\O)C(C)(C)C)ccc12. The average molecular weight is 296 g/mol. The molecule has 2 aromatic rings. The van der Waals surface area contributed by atoms with E-state index in [0.29, 0.717) is 5.56 Å². The van der Waals surface area contributed by atoms with Crippen molar-refractivity contribution < 1.29 is 9.90 Å². The van der Waals surface area contributed by atoms with Crippen LogP contribution in [0.4, 0.5) is 0 Å². The quantitative estimate of drug-likeness (QED) is 0.462. The van der Waals surface area contributed by atoms with Crippen LogP contribution in [0.5, 0.6) is 0 Å². The molecule has 2 rings (SSSR count). The highest BCUT2D eigenvalue weighted by molar-refractivity contribution is 6.07. The Morgan fingerprint density at radius 1 is 1.18 bits per heavy atom. The van der Waals surface area contributed by atoms with Gasteiger partial charge in [-0.25, -0.2) is 0 Å². The van der Waals surface area contributed by atoms with Crippen LogP contribution in [-0.2, 0) is 6.42 Å². The third-order valence-electron chi connectivity index (χ3n) is 3.81. The van der Waals surface area contributed by atoms with Gasteiger partial charge in [0.05, 0.1) is 0 Å². The van der Waals surface area contributed by atoms with E-state index in [0.717, 1.165) is 18.2 Å². The summed E-state index contributed by atoms with van der Waals surface area (Å²) in [6, 6.07) is 12.0. The fourth-order valence-electron chi connectivity index (χ4n) is 2.42. The Balaban J connectivity index is 2.40. The monoisotopic (exact) mass is 296 g/mol. The van der Waals surface area contributed by atoms with Crippen LogP contribution in [0.25, 0.3) is 10.8 Å². The van der Waals surface area contributed by atoms with E-state index >= 15 is 0 Å². The van der Waals surface area contributed by atoms with Crippen LogP contribution < -0.4 is 0 Å². The van der Waals surface area contributed by atoms with Crippen molar-refractivity contribution in [3.63, 3.8) is 0 Å². The van der Waals surface area contributed by atoms with E-state index in [4.69, 9.17) is 0 Å². The third-order valence-corrected chi connectivity index (χ3v) is 3.81. The summed E-state index contributed by atoms with van der Waals surface area (Å²) in [6.45, 7) is 7.80. The van der Waals surface area contributed by atoms with Crippen LogP contribution in [0.2, 0.25) is 0 Å². The van der Waals surface area contributed by atoms with Gasteiger partial charge in [0.2, 0.25) is 0 Å². The summed E-state index contributed by atoms with van der Waals surface area (Å²) in [6.07, 6.45) is 3.47. The Kier molecular flexibility index (Phi) is 4.70. The van der Waals surface area contributed by atoms with Gasteiger partial charge < -0.3 is 5.11 Å². The predicted octanol–water partition coefficient (Wildman–Crippen LogP) is 5.46. The molecule has 0 saturated carbocycles. The molecular formula is C20H24O2. The number of ketones is 1. The van der Waals surface area contributed by atoms with E-state index in [-0.39, 0.29) is 11.5 Å². The number of allylic oxidation sites excluding steroid dienone is 2. The molecule has 0 aliphatic heterocycles. The number of hydrogen-bond acceptors (Lipinski definition) is 2. The molecule has 0 unspecified atom stereocenters. The number of aliphatic hydroxyl groups is 1. The van der Waals surface area contributed by atoms with Gasteiger partial charge >= 0.3 is 0 Å². The lowest BCUT2D eigenvalue weighted by atomic mass is 9.92. The molecule has 0 heterocycles.